The van der Waals surface area contributed by atoms with E-state index >= 15 is 0 Å². The van der Waals surface area contributed by atoms with E-state index in [9.17, 15) is 9.59 Å². The quantitative estimate of drug-likeness (QED) is 0.495. The summed E-state index contributed by atoms with van der Waals surface area (Å²) in [6, 6.07) is 11.5. The Labute approximate surface area is 201 Å². The van der Waals surface area contributed by atoms with Crippen molar-refractivity contribution < 1.29 is 14.0 Å². The summed E-state index contributed by atoms with van der Waals surface area (Å²) >= 11 is 0.888. The van der Waals surface area contributed by atoms with Crippen molar-refractivity contribution in [2.24, 2.45) is 5.92 Å². The molecule has 3 aromatic rings. The number of hydrogen-bond donors (Lipinski definition) is 2. The van der Waals surface area contributed by atoms with Gasteiger partial charge in [-0.1, -0.05) is 6.07 Å². The average molecular weight is 477 g/mol. The number of furan rings is 1. The lowest BCUT2D eigenvalue weighted by Gasteiger charge is -2.32. The minimum absolute atomic E-state index is 0.351. The van der Waals surface area contributed by atoms with E-state index in [0.29, 0.717) is 29.0 Å². The summed E-state index contributed by atoms with van der Waals surface area (Å²) in [6.07, 6.45) is 7.04. The number of piperidine rings is 1. The first-order valence-electron chi connectivity index (χ1n) is 11.2. The molecule has 0 radical (unpaired) electrons. The van der Waals surface area contributed by atoms with Crippen molar-refractivity contribution in [3.63, 3.8) is 0 Å². The second-order valence-electron chi connectivity index (χ2n) is 8.19. The van der Waals surface area contributed by atoms with Crippen LogP contribution in [0.2, 0.25) is 0 Å². The number of carbonyl (C=O) groups excluding carboxylic acids is 2. The van der Waals surface area contributed by atoms with Crippen molar-refractivity contribution in [2.45, 2.75) is 19.4 Å². The molecule has 2 saturated heterocycles. The maximum Gasteiger partial charge on any atom is 0.290 e. The summed E-state index contributed by atoms with van der Waals surface area (Å²) in [7, 11) is 0. The fraction of sp³-hybridized carbons (Fsp3) is 0.292. The van der Waals surface area contributed by atoms with Crippen LogP contribution in [0.25, 0.3) is 17.5 Å². The average Bonchev–Trinajstić information content (AvgIpc) is 3.50. The second kappa shape index (κ2) is 10.2. The van der Waals surface area contributed by atoms with E-state index in [2.05, 4.69) is 30.5 Å². The number of amides is 2. The van der Waals surface area contributed by atoms with E-state index in [4.69, 9.17) is 4.42 Å². The van der Waals surface area contributed by atoms with Crippen LogP contribution in [-0.2, 0) is 11.3 Å². The third-order valence-electron chi connectivity index (χ3n) is 5.80. The number of aromatic nitrogens is 3. The largest absolute Gasteiger partial charge is 0.463 e. The number of hydrogen-bond acceptors (Lipinski definition) is 9. The Balaban J connectivity index is 1.11. The molecule has 2 fully saturated rings. The van der Waals surface area contributed by atoms with Gasteiger partial charge in [0.05, 0.1) is 22.6 Å². The lowest BCUT2D eigenvalue weighted by molar-refractivity contribution is -0.115. The summed E-state index contributed by atoms with van der Waals surface area (Å²) in [5.41, 5.74) is 2.45. The fourth-order valence-electron chi connectivity index (χ4n) is 4.03. The van der Waals surface area contributed by atoms with Crippen LogP contribution >= 0.6 is 11.8 Å². The van der Waals surface area contributed by atoms with Gasteiger partial charge in [-0.05, 0) is 73.5 Å². The maximum absolute atomic E-state index is 11.8. The van der Waals surface area contributed by atoms with Gasteiger partial charge in [-0.15, -0.1) is 0 Å². The number of pyridine rings is 1. The van der Waals surface area contributed by atoms with Crippen LogP contribution < -0.4 is 15.5 Å². The Bertz CT molecular complexity index is 1200. The first-order chi connectivity index (χ1) is 16.6. The van der Waals surface area contributed by atoms with Crippen LogP contribution in [0, 0.1) is 5.92 Å². The molecule has 5 heterocycles. The molecule has 0 atom stereocenters. The SMILES string of the molecule is O=C1NC(=O)C(=Cc2ccnc(N3CCC(CNCc4cccc(-c5ccco5)n4)CC3)n2)S1. The van der Waals surface area contributed by atoms with E-state index in [0.717, 1.165) is 61.4 Å². The predicted molar refractivity (Wildman–Crippen MR) is 130 cm³/mol. The van der Waals surface area contributed by atoms with Crippen LogP contribution in [0.4, 0.5) is 10.7 Å². The van der Waals surface area contributed by atoms with Crippen molar-refractivity contribution in [2.75, 3.05) is 24.5 Å². The topological polar surface area (TPSA) is 113 Å². The van der Waals surface area contributed by atoms with E-state index in [1.807, 2.05) is 30.3 Å². The molecule has 0 saturated carbocycles. The van der Waals surface area contributed by atoms with E-state index in [1.165, 1.54) is 0 Å². The zero-order valence-corrected chi connectivity index (χ0v) is 19.3. The molecule has 0 spiro atoms. The molecule has 174 valence electrons. The highest BCUT2D eigenvalue weighted by atomic mass is 32.2. The Hall–Kier alpha value is -3.50. The van der Waals surface area contributed by atoms with Gasteiger partial charge in [0, 0.05) is 25.8 Å². The normalized spacial score (nSPS) is 18.0. The molecule has 3 aromatic heterocycles. The number of carbonyl (C=O) groups is 2. The van der Waals surface area contributed by atoms with Crippen molar-refractivity contribution in [1.29, 1.82) is 0 Å². The Morgan fingerprint density at radius 1 is 1.15 bits per heavy atom. The summed E-state index contributed by atoms with van der Waals surface area (Å²) < 4.78 is 5.44. The Morgan fingerprint density at radius 2 is 2.03 bits per heavy atom. The molecule has 0 aliphatic carbocycles. The molecule has 2 N–H and O–H groups in total. The van der Waals surface area contributed by atoms with Gasteiger partial charge < -0.3 is 14.6 Å². The van der Waals surface area contributed by atoms with Crippen molar-refractivity contribution in [3.8, 4) is 11.5 Å². The zero-order valence-electron chi connectivity index (χ0n) is 18.4. The van der Waals surface area contributed by atoms with Crippen LogP contribution in [0.3, 0.4) is 0 Å². The monoisotopic (exact) mass is 476 g/mol. The number of thioether (sulfide) groups is 1. The highest BCUT2D eigenvalue weighted by Gasteiger charge is 2.25. The van der Waals surface area contributed by atoms with Crippen LogP contribution in [0.15, 0.2) is 58.2 Å². The lowest BCUT2D eigenvalue weighted by Crippen LogP contribution is -2.38. The standard InChI is InChI=1S/C24H24N6O3S/c31-22-21(34-24(32)29-22)13-17-6-9-26-23(28-17)30-10-7-16(8-11-30)14-25-15-18-3-1-4-19(27-18)20-5-2-12-33-20/h1-6,9,12-13,16,25H,7-8,10-11,14-15H2,(H,29,31,32). The van der Waals surface area contributed by atoms with Gasteiger partial charge >= 0.3 is 0 Å². The second-order valence-corrected chi connectivity index (χ2v) is 9.20. The fourth-order valence-corrected chi connectivity index (χ4v) is 4.70. The molecular formula is C24H24N6O3S. The molecule has 2 amide bonds. The van der Waals surface area contributed by atoms with E-state index in [-0.39, 0.29) is 11.1 Å². The lowest BCUT2D eigenvalue weighted by atomic mass is 9.97. The van der Waals surface area contributed by atoms with Gasteiger partial charge in [0.2, 0.25) is 5.95 Å². The van der Waals surface area contributed by atoms with Crippen LogP contribution in [0.1, 0.15) is 24.2 Å². The number of nitrogens with one attached hydrogen (secondary N) is 2. The predicted octanol–water partition coefficient (Wildman–Crippen LogP) is 3.46. The molecule has 34 heavy (non-hydrogen) atoms. The molecule has 2 aliphatic heterocycles. The zero-order chi connectivity index (χ0) is 23.3. The minimum atomic E-state index is -0.383. The molecule has 0 unspecified atom stereocenters. The third kappa shape index (κ3) is 5.35. The van der Waals surface area contributed by atoms with Gasteiger partial charge in [-0.3, -0.25) is 14.9 Å². The molecule has 0 bridgehead atoms. The van der Waals surface area contributed by atoms with E-state index < -0.39 is 0 Å². The molecule has 0 aromatic carbocycles. The summed E-state index contributed by atoms with van der Waals surface area (Å²) in [5, 5.41) is 5.43. The van der Waals surface area contributed by atoms with Crippen molar-refractivity contribution in [1.82, 2.24) is 25.6 Å². The highest BCUT2D eigenvalue weighted by molar-refractivity contribution is 8.18. The van der Waals surface area contributed by atoms with Crippen molar-refractivity contribution >= 4 is 34.9 Å². The molecule has 5 rings (SSSR count). The number of imide groups is 1. The van der Waals surface area contributed by atoms with Crippen LogP contribution in [0.5, 0.6) is 0 Å². The number of nitrogens with zero attached hydrogens (tertiary/aromatic N) is 4. The third-order valence-corrected chi connectivity index (χ3v) is 6.61. The van der Waals surface area contributed by atoms with E-state index in [1.54, 1.807) is 24.6 Å². The first kappa shape index (κ1) is 22.3. The molecule has 10 heteroatoms. The first-order valence-corrected chi connectivity index (χ1v) is 12.0. The highest BCUT2D eigenvalue weighted by Crippen LogP contribution is 2.26. The Kier molecular flexibility index (Phi) is 6.68. The van der Waals surface area contributed by atoms with Gasteiger partial charge in [0.25, 0.3) is 11.1 Å². The molecule has 2 aliphatic rings. The van der Waals surface area contributed by atoms with Gasteiger partial charge in [0.15, 0.2) is 5.76 Å². The maximum atomic E-state index is 11.8. The van der Waals surface area contributed by atoms with Gasteiger partial charge in [0.1, 0.15) is 5.69 Å². The minimum Gasteiger partial charge on any atom is -0.463 e. The van der Waals surface area contributed by atoms with Gasteiger partial charge in [-0.2, -0.15) is 0 Å². The Morgan fingerprint density at radius 3 is 2.79 bits per heavy atom. The van der Waals surface area contributed by atoms with Crippen LogP contribution in [-0.4, -0.2) is 45.7 Å². The smallest absolute Gasteiger partial charge is 0.290 e. The summed E-state index contributed by atoms with van der Waals surface area (Å²) in [5.74, 6) is 1.61. The molecule has 9 nitrogen and oxygen atoms in total. The summed E-state index contributed by atoms with van der Waals surface area (Å²) in [4.78, 5) is 39.3. The number of anilines is 1. The van der Waals surface area contributed by atoms with Gasteiger partial charge in [-0.25, -0.2) is 15.0 Å². The number of rotatable bonds is 7. The molecular weight excluding hydrogens is 452 g/mol. The summed E-state index contributed by atoms with van der Waals surface area (Å²) in [6.45, 7) is 3.37. The van der Waals surface area contributed by atoms with Crippen molar-refractivity contribution in [3.05, 3.63) is 65.2 Å².